The Bertz CT molecular complexity index is 1660. The fourth-order valence-electron chi connectivity index (χ4n) is 5.06. The van der Waals surface area contributed by atoms with E-state index >= 15 is 8.78 Å². The second-order valence-electron chi connectivity index (χ2n) is 9.75. The molecule has 0 radical (unpaired) electrons. The molecule has 0 spiro atoms. The summed E-state index contributed by atoms with van der Waals surface area (Å²) >= 11 is 0. The Hall–Kier alpha value is -5.39. The first-order valence-electron chi connectivity index (χ1n) is 13.1. The first kappa shape index (κ1) is 29.1. The number of nitrogens with one attached hydrogen (secondary N) is 1. The van der Waals surface area contributed by atoms with Crippen molar-refractivity contribution in [2.24, 2.45) is 0 Å². The predicted molar refractivity (Wildman–Crippen MR) is 156 cm³/mol. The van der Waals surface area contributed by atoms with Gasteiger partial charge in [-0.25, -0.2) is 8.78 Å². The standard InChI is InChI=1S/C31H28F2N4O6/c1-18-6-5-7-23(37(39)40)30(18)34-27-13-20-12-21(17-38)35(15-19-8-10-22(41-2)11-9-19)24(20)16-36(27)31-28(32)25(42-3)14-26(43-4)29(31)33/h5-14,16-17,21,34H,15H2,1-4H3. The highest BCUT2D eigenvalue weighted by molar-refractivity contribution is 5.76. The number of hydrogen-bond donors (Lipinski definition) is 1. The van der Waals surface area contributed by atoms with Gasteiger partial charge in [-0.15, -0.1) is 0 Å². The van der Waals surface area contributed by atoms with Gasteiger partial charge in [0.2, 0.25) is 0 Å². The maximum atomic E-state index is 15.9. The number of allylic oxidation sites excluding steroid dienone is 1. The Morgan fingerprint density at radius 2 is 1.70 bits per heavy atom. The molecule has 3 aromatic carbocycles. The molecule has 0 saturated carbocycles. The van der Waals surface area contributed by atoms with Gasteiger partial charge in [0.1, 0.15) is 35.3 Å². The third kappa shape index (κ3) is 5.34. The second kappa shape index (κ2) is 11.8. The molecule has 3 aromatic rings. The SMILES string of the molecule is COc1ccc(CN2C3=CN(c4c(F)c(OC)cc(OC)c4F)C(Nc4c(C)cccc4[N+](=O)[O-])=CC3=CC2C=O)cc1. The first-order valence-corrected chi connectivity index (χ1v) is 13.1. The number of aldehydes is 1. The number of hydrogen-bond acceptors (Lipinski definition) is 9. The van der Waals surface area contributed by atoms with E-state index in [0.29, 0.717) is 29.1 Å². The lowest BCUT2D eigenvalue weighted by Crippen LogP contribution is -2.33. The van der Waals surface area contributed by atoms with Gasteiger partial charge >= 0.3 is 0 Å². The largest absolute Gasteiger partial charge is 0.497 e. The van der Waals surface area contributed by atoms with E-state index in [-0.39, 0.29) is 28.7 Å². The van der Waals surface area contributed by atoms with Crippen LogP contribution in [0.3, 0.4) is 0 Å². The molecule has 1 atom stereocenters. The van der Waals surface area contributed by atoms with Gasteiger partial charge in [-0.3, -0.25) is 15.0 Å². The van der Waals surface area contributed by atoms with Crippen LogP contribution in [0.25, 0.3) is 0 Å². The van der Waals surface area contributed by atoms with E-state index in [0.717, 1.165) is 17.9 Å². The van der Waals surface area contributed by atoms with Gasteiger partial charge in [0.25, 0.3) is 5.69 Å². The maximum absolute atomic E-state index is 15.9. The summed E-state index contributed by atoms with van der Waals surface area (Å²) in [6.45, 7) is 1.97. The Kier molecular flexibility index (Phi) is 8.02. The molecular formula is C31H28F2N4O6. The van der Waals surface area contributed by atoms with E-state index < -0.39 is 28.3 Å². The smallest absolute Gasteiger partial charge is 0.292 e. The molecule has 2 aliphatic rings. The van der Waals surface area contributed by atoms with Gasteiger partial charge < -0.3 is 29.2 Å². The van der Waals surface area contributed by atoms with Gasteiger partial charge in [-0.05, 0) is 42.3 Å². The van der Waals surface area contributed by atoms with Crippen molar-refractivity contribution in [3.8, 4) is 17.2 Å². The number of carbonyl (C=O) groups is 1. The Labute approximate surface area is 246 Å². The van der Waals surface area contributed by atoms with E-state index in [9.17, 15) is 14.9 Å². The van der Waals surface area contributed by atoms with Gasteiger partial charge in [-0.1, -0.05) is 24.3 Å². The molecule has 2 heterocycles. The summed E-state index contributed by atoms with van der Waals surface area (Å²) in [5.74, 6) is -1.84. The minimum atomic E-state index is -1.02. The predicted octanol–water partition coefficient (Wildman–Crippen LogP) is 5.83. The van der Waals surface area contributed by atoms with Crippen molar-refractivity contribution in [2.45, 2.75) is 19.5 Å². The van der Waals surface area contributed by atoms with Crippen molar-refractivity contribution >= 4 is 23.3 Å². The van der Waals surface area contributed by atoms with Crippen LogP contribution in [0.15, 0.2) is 84.0 Å². The maximum Gasteiger partial charge on any atom is 0.292 e. The van der Waals surface area contributed by atoms with E-state index in [1.54, 1.807) is 55.4 Å². The van der Waals surface area contributed by atoms with Crippen molar-refractivity contribution in [1.29, 1.82) is 0 Å². The molecule has 43 heavy (non-hydrogen) atoms. The number of benzene rings is 3. The zero-order valence-electron chi connectivity index (χ0n) is 23.8. The van der Waals surface area contributed by atoms with Crippen molar-refractivity contribution < 1.29 is 32.7 Å². The topological polar surface area (TPSA) is 106 Å². The fourth-order valence-corrected chi connectivity index (χ4v) is 5.06. The van der Waals surface area contributed by atoms with Crippen LogP contribution in [0.1, 0.15) is 11.1 Å². The zero-order valence-corrected chi connectivity index (χ0v) is 23.8. The van der Waals surface area contributed by atoms with Crippen molar-refractivity contribution in [2.75, 3.05) is 31.5 Å². The minimum absolute atomic E-state index is 0.0939. The number of fused-ring (bicyclic) bond motifs is 1. The molecule has 222 valence electrons. The summed E-state index contributed by atoms with van der Waals surface area (Å²) < 4.78 is 47.3. The monoisotopic (exact) mass is 590 g/mol. The summed E-state index contributed by atoms with van der Waals surface area (Å²) in [6, 6.07) is 12.2. The number of methoxy groups -OCH3 is 3. The Balaban J connectivity index is 1.67. The Morgan fingerprint density at radius 1 is 1.02 bits per heavy atom. The summed E-state index contributed by atoms with van der Waals surface area (Å²) in [5, 5.41) is 14.9. The molecule has 5 rings (SSSR count). The van der Waals surface area contributed by atoms with Crippen molar-refractivity contribution in [3.63, 3.8) is 0 Å². The highest BCUT2D eigenvalue weighted by atomic mass is 19.1. The third-order valence-corrected chi connectivity index (χ3v) is 7.26. The molecule has 12 heteroatoms. The van der Waals surface area contributed by atoms with Crippen LogP contribution in [-0.4, -0.2) is 43.5 Å². The van der Waals surface area contributed by atoms with E-state index in [4.69, 9.17) is 14.2 Å². The van der Waals surface area contributed by atoms with Crippen LogP contribution in [0.4, 0.5) is 25.8 Å². The lowest BCUT2D eigenvalue weighted by molar-refractivity contribution is -0.384. The fraction of sp³-hybridized carbons (Fsp3) is 0.194. The van der Waals surface area contributed by atoms with E-state index in [2.05, 4.69) is 5.32 Å². The molecule has 10 nitrogen and oxygen atoms in total. The molecule has 1 N–H and O–H groups in total. The molecule has 0 aliphatic carbocycles. The van der Waals surface area contributed by atoms with Gasteiger partial charge in [-0.2, -0.15) is 0 Å². The number of nitro groups is 1. The average molecular weight is 591 g/mol. The molecule has 0 amide bonds. The van der Waals surface area contributed by atoms with Crippen LogP contribution >= 0.6 is 0 Å². The number of ether oxygens (including phenoxy) is 3. The van der Waals surface area contributed by atoms with Crippen LogP contribution in [0.5, 0.6) is 17.2 Å². The average Bonchev–Trinajstić information content (AvgIpc) is 3.34. The second-order valence-corrected chi connectivity index (χ2v) is 9.75. The molecule has 0 fully saturated rings. The molecule has 0 aromatic heterocycles. The van der Waals surface area contributed by atoms with Crippen LogP contribution in [0, 0.1) is 28.7 Å². The van der Waals surface area contributed by atoms with Crippen LogP contribution < -0.4 is 24.4 Å². The summed E-state index contributed by atoms with van der Waals surface area (Å²) in [5.41, 5.74) is 1.83. The summed E-state index contributed by atoms with van der Waals surface area (Å²) in [4.78, 5) is 26.5. The minimum Gasteiger partial charge on any atom is -0.497 e. The highest BCUT2D eigenvalue weighted by Crippen LogP contribution is 2.43. The number of aryl methyl sites for hydroxylation is 1. The molecule has 2 aliphatic heterocycles. The summed E-state index contributed by atoms with van der Waals surface area (Å²) in [6.07, 6.45) is 5.54. The zero-order chi connectivity index (χ0) is 30.8. The number of carbonyl (C=O) groups excluding carboxylic acids is 1. The normalized spacial score (nSPS) is 15.7. The molecule has 0 saturated heterocycles. The first-order chi connectivity index (χ1) is 20.7. The number of para-hydroxylation sites is 1. The molecule has 0 bridgehead atoms. The number of halogens is 2. The van der Waals surface area contributed by atoms with Crippen LogP contribution in [-0.2, 0) is 11.3 Å². The molecular weight excluding hydrogens is 562 g/mol. The lowest BCUT2D eigenvalue weighted by Gasteiger charge is -2.33. The van der Waals surface area contributed by atoms with Crippen LogP contribution in [0.2, 0.25) is 0 Å². The van der Waals surface area contributed by atoms with Gasteiger partial charge in [0.05, 0.1) is 31.9 Å². The van der Waals surface area contributed by atoms with Crippen molar-refractivity contribution in [1.82, 2.24) is 4.90 Å². The van der Waals surface area contributed by atoms with E-state index in [1.165, 1.54) is 31.4 Å². The quantitative estimate of drug-likeness (QED) is 0.177. The Morgan fingerprint density at radius 3 is 2.28 bits per heavy atom. The number of nitro benzene ring substituents is 1. The number of rotatable bonds is 10. The highest BCUT2D eigenvalue weighted by Gasteiger charge is 2.35. The summed E-state index contributed by atoms with van der Waals surface area (Å²) in [7, 11) is 4.04. The lowest BCUT2D eigenvalue weighted by atomic mass is 10.1. The third-order valence-electron chi connectivity index (χ3n) is 7.26. The van der Waals surface area contributed by atoms with E-state index in [1.807, 2.05) is 12.1 Å². The van der Waals surface area contributed by atoms with Crippen molar-refractivity contribution in [3.05, 3.63) is 117 Å². The van der Waals surface area contributed by atoms with Gasteiger partial charge in [0, 0.05) is 30.5 Å². The molecule has 1 unspecified atom stereocenters. The number of nitrogens with zero attached hydrogens (tertiary/aromatic N) is 3. The number of anilines is 2. The van der Waals surface area contributed by atoms with Gasteiger partial charge in [0.15, 0.2) is 23.1 Å².